The van der Waals surface area contributed by atoms with Gasteiger partial charge in [0.05, 0.1) is 12.8 Å². The Morgan fingerprint density at radius 1 is 1.13 bits per heavy atom. The molecule has 0 atom stereocenters. The molecule has 6 nitrogen and oxygen atoms in total. The standard InChI is InChI=1S/C24H25FN4O2/c1-31-21-4-2-3-17(13-21)15-26-24(30)19-9-11-29(12-10-19)23-14-22(27-16-28-23)18-5-7-20(25)8-6-18/h2-8,13-14,16,19H,9-12,15H2,1H3,(H,26,30). The number of hydrogen-bond acceptors (Lipinski definition) is 5. The van der Waals surface area contributed by atoms with Gasteiger partial charge in [-0.25, -0.2) is 14.4 Å². The molecular weight excluding hydrogens is 395 g/mol. The number of anilines is 1. The Kier molecular flexibility index (Phi) is 6.40. The molecule has 1 aliphatic rings. The highest BCUT2D eigenvalue weighted by Gasteiger charge is 2.25. The molecule has 1 saturated heterocycles. The number of hydrogen-bond donors (Lipinski definition) is 1. The number of amides is 1. The van der Waals surface area contributed by atoms with E-state index in [1.54, 1.807) is 19.2 Å². The summed E-state index contributed by atoms with van der Waals surface area (Å²) in [4.78, 5) is 23.5. The highest BCUT2D eigenvalue weighted by atomic mass is 19.1. The van der Waals surface area contributed by atoms with Gasteiger partial charge in [0.1, 0.15) is 23.7 Å². The quantitative estimate of drug-likeness (QED) is 0.657. The van der Waals surface area contributed by atoms with Gasteiger partial charge < -0.3 is 15.0 Å². The summed E-state index contributed by atoms with van der Waals surface area (Å²) in [5, 5.41) is 3.04. The minimum atomic E-state index is -0.273. The first-order valence-corrected chi connectivity index (χ1v) is 10.4. The van der Waals surface area contributed by atoms with Crippen LogP contribution in [0.4, 0.5) is 10.2 Å². The number of rotatable bonds is 6. The molecule has 1 aromatic heterocycles. The lowest BCUT2D eigenvalue weighted by molar-refractivity contribution is -0.125. The summed E-state index contributed by atoms with van der Waals surface area (Å²) in [6.45, 7) is 1.98. The van der Waals surface area contributed by atoms with Crippen molar-refractivity contribution in [1.82, 2.24) is 15.3 Å². The molecule has 1 amide bonds. The molecular formula is C24H25FN4O2. The van der Waals surface area contributed by atoms with Crippen LogP contribution < -0.4 is 15.0 Å². The SMILES string of the molecule is COc1cccc(CNC(=O)C2CCN(c3cc(-c4ccc(F)cc4)ncn3)CC2)c1. The van der Waals surface area contributed by atoms with E-state index in [-0.39, 0.29) is 17.6 Å². The van der Waals surface area contributed by atoms with Crippen LogP contribution in [0.15, 0.2) is 60.9 Å². The van der Waals surface area contributed by atoms with E-state index >= 15 is 0 Å². The van der Waals surface area contributed by atoms with E-state index in [1.165, 1.54) is 18.5 Å². The molecule has 0 saturated carbocycles. The second kappa shape index (κ2) is 9.55. The zero-order valence-corrected chi connectivity index (χ0v) is 17.4. The van der Waals surface area contributed by atoms with E-state index in [0.29, 0.717) is 6.54 Å². The third kappa shape index (κ3) is 5.17. The normalized spacial score (nSPS) is 14.3. The predicted octanol–water partition coefficient (Wildman–Crippen LogP) is 3.82. The average molecular weight is 420 g/mol. The molecule has 1 aliphatic heterocycles. The fourth-order valence-corrected chi connectivity index (χ4v) is 3.79. The molecule has 0 spiro atoms. The van der Waals surface area contributed by atoms with Crippen LogP contribution >= 0.6 is 0 Å². The highest BCUT2D eigenvalue weighted by molar-refractivity contribution is 5.79. The molecule has 3 aromatic rings. The number of nitrogens with zero attached hydrogens (tertiary/aromatic N) is 3. The summed E-state index contributed by atoms with van der Waals surface area (Å²) < 4.78 is 18.4. The number of methoxy groups -OCH3 is 1. The maximum Gasteiger partial charge on any atom is 0.223 e. The highest BCUT2D eigenvalue weighted by Crippen LogP contribution is 2.25. The van der Waals surface area contributed by atoms with Crippen molar-refractivity contribution in [2.24, 2.45) is 5.92 Å². The minimum Gasteiger partial charge on any atom is -0.497 e. The van der Waals surface area contributed by atoms with Crippen molar-refractivity contribution in [2.45, 2.75) is 19.4 Å². The third-order valence-electron chi connectivity index (χ3n) is 5.58. The van der Waals surface area contributed by atoms with Gasteiger partial charge in [-0.3, -0.25) is 4.79 Å². The number of carbonyl (C=O) groups is 1. The van der Waals surface area contributed by atoms with E-state index in [4.69, 9.17) is 4.74 Å². The zero-order chi connectivity index (χ0) is 21.6. The fraction of sp³-hybridized carbons (Fsp3) is 0.292. The zero-order valence-electron chi connectivity index (χ0n) is 17.4. The van der Waals surface area contributed by atoms with E-state index in [9.17, 15) is 9.18 Å². The Hall–Kier alpha value is -3.48. The Morgan fingerprint density at radius 2 is 1.90 bits per heavy atom. The van der Waals surface area contributed by atoms with E-state index in [1.807, 2.05) is 30.3 Å². The molecule has 31 heavy (non-hydrogen) atoms. The molecule has 0 bridgehead atoms. The Labute approximate surface area is 181 Å². The van der Waals surface area contributed by atoms with Crippen LogP contribution in [0.5, 0.6) is 5.75 Å². The molecule has 1 fully saturated rings. The summed E-state index contributed by atoms with van der Waals surface area (Å²) >= 11 is 0. The molecule has 160 valence electrons. The van der Waals surface area contributed by atoms with Gasteiger partial charge in [-0.15, -0.1) is 0 Å². The van der Waals surface area contributed by atoms with Crippen molar-refractivity contribution < 1.29 is 13.9 Å². The first-order chi connectivity index (χ1) is 15.1. The molecule has 0 radical (unpaired) electrons. The molecule has 0 aliphatic carbocycles. The van der Waals surface area contributed by atoms with Gasteiger partial charge >= 0.3 is 0 Å². The van der Waals surface area contributed by atoms with E-state index < -0.39 is 0 Å². The van der Waals surface area contributed by atoms with Gasteiger partial charge in [-0.1, -0.05) is 12.1 Å². The lowest BCUT2D eigenvalue weighted by atomic mass is 9.95. The average Bonchev–Trinajstić information content (AvgIpc) is 2.83. The Morgan fingerprint density at radius 3 is 2.65 bits per heavy atom. The smallest absolute Gasteiger partial charge is 0.223 e. The second-order valence-electron chi connectivity index (χ2n) is 7.60. The van der Waals surface area contributed by atoms with Crippen molar-refractivity contribution in [2.75, 3.05) is 25.1 Å². The number of carbonyl (C=O) groups excluding carboxylic acids is 1. The molecule has 7 heteroatoms. The van der Waals surface area contributed by atoms with Gasteiger partial charge in [-0.05, 0) is 54.8 Å². The van der Waals surface area contributed by atoms with Gasteiger partial charge in [0, 0.05) is 37.2 Å². The largest absolute Gasteiger partial charge is 0.497 e. The van der Waals surface area contributed by atoms with E-state index in [0.717, 1.165) is 54.3 Å². The summed E-state index contributed by atoms with van der Waals surface area (Å²) in [6, 6.07) is 15.9. The number of aromatic nitrogens is 2. The molecule has 2 heterocycles. The van der Waals surface area contributed by atoms with Gasteiger partial charge in [-0.2, -0.15) is 0 Å². The monoisotopic (exact) mass is 420 g/mol. The van der Waals surface area contributed by atoms with Crippen molar-refractivity contribution in [3.63, 3.8) is 0 Å². The third-order valence-corrected chi connectivity index (χ3v) is 5.58. The number of halogens is 1. The van der Waals surface area contributed by atoms with E-state index in [2.05, 4.69) is 20.2 Å². The van der Waals surface area contributed by atoms with Gasteiger partial charge in [0.2, 0.25) is 5.91 Å². The Balaban J connectivity index is 1.32. The van der Waals surface area contributed by atoms with Crippen LogP contribution in [0.2, 0.25) is 0 Å². The summed E-state index contributed by atoms with van der Waals surface area (Å²) in [5.74, 6) is 1.40. The Bertz CT molecular complexity index is 1030. The number of piperidine rings is 1. The molecule has 2 aromatic carbocycles. The minimum absolute atomic E-state index is 0.0136. The maximum absolute atomic E-state index is 13.2. The van der Waals surface area contributed by atoms with Crippen LogP contribution in [-0.4, -0.2) is 36.1 Å². The summed E-state index contributed by atoms with van der Waals surface area (Å²) in [6.07, 6.45) is 3.06. The maximum atomic E-state index is 13.2. The lowest BCUT2D eigenvalue weighted by Crippen LogP contribution is -2.40. The number of nitrogens with one attached hydrogen (secondary N) is 1. The first-order valence-electron chi connectivity index (χ1n) is 10.4. The van der Waals surface area contributed by atoms with Gasteiger partial charge in [0.15, 0.2) is 0 Å². The fourth-order valence-electron chi connectivity index (χ4n) is 3.79. The molecule has 1 N–H and O–H groups in total. The van der Waals surface area contributed by atoms with Crippen molar-refractivity contribution in [3.8, 4) is 17.0 Å². The predicted molar refractivity (Wildman–Crippen MR) is 117 cm³/mol. The molecule has 0 unspecified atom stereocenters. The van der Waals surface area contributed by atoms with Crippen LogP contribution in [0.25, 0.3) is 11.3 Å². The van der Waals surface area contributed by atoms with Crippen LogP contribution in [0, 0.1) is 11.7 Å². The van der Waals surface area contributed by atoms with Gasteiger partial charge in [0.25, 0.3) is 0 Å². The van der Waals surface area contributed by atoms with Crippen molar-refractivity contribution in [1.29, 1.82) is 0 Å². The van der Waals surface area contributed by atoms with Crippen LogP contribution in [0.3, 0.4) is 0 Å². The number of ether oxygens (including phenoxy) is 1. The number of benzene rings is 2. The van der Waals surface area contributed by atoms with Crippen LogP contribution in [0.1, 0.15) is 18.4 Å². The first kappa shape index (κ1) is 20.8. The van der Waals surface area contributed by atoms with Crippen molar-refractivity contribution in [3.05, 3.63) is 72.3 Å². The topological polar surface area (TPSA) is 67.3 Å². The summed E-state index contributed by atoms with van der Waals surface area (Å²) in [7, 11) is 1.63. The van der Waals surface area contributed by atoms with Crippen LogP contribution in [-0.2, 0) is 11.3 Å². The summed E-state index contributed by atoms with van der Waals surface area (Å²) in [5.41, 5.74) is 2.61. The lowest BCUT2D eigenvalue weighted by Gasteiger charge is -2.32. The van der Waals surface area contributed by atoms with Crippen molar-refractivity contribution >= 4 is 11.7 Å². The second-order valence-corrected chi connectivity index (χ2v) is 7.60. The molecule has 4 rings (SSSR count).